The number of nitrogens with one attached hydrogen (secondary N) is 1. The van der Waals surface area contributed by atoms with Gasteiger partial charge in [-0.15, -0.1) is 12.4 Å². The van der Waals surface area contributed by atoms with Crippen LogP contribution in [-0.4, -0.2) is 44.2 Å². The molecule has 0 bridgehead atoms. The molecule has 1 N–H and O–H groups in total. The molecular formula is C9H19ClN2O2S. The number of sulfonamides is 1. The number of halogens is 1. The maximum atomic E-state index is 11.6. The van der Waals surface area contributed by atoms with Crippen molar-refractivity contribution in [3.8, 4) is 0 Å². The Morgan fingerprint density at radius 3 is 2.80 bits per heavy atom. The molecule has 0 spiro atoms. The molecule has 2 heterocycles. The molecular weight excluding hydrogens is 236 g/mol. The Bertz CT molecular complexity index is 307. The number of fused-ring (bicyclic) bond motifs is 1. The highest BCUT2D eigenvalue weighted by Gasteiger charge is 2.36. The van der Waals surface area contributed by atoms with Crippen LogP contribution >= 0.6 is 12.4 Å². The first-order valence-corrected chi connectivity index (χ1v) is 6.95. The highest BCUT2D eigenvalue weighted by Crippen LogP contribution is 2.26. The summed E-state index contributed by atoms with van der Waals surface area (Å²) in [5.41, 5.74) is 0. The highest BCUT2D eigenvalue weighted by atomic mass is 35.5. The molecule has 0 aromatic rings. The maximum Gasteiger partial charge on any atom is 0.213 e. The van der Waals surface area contributed by atoms with Gasteiger partial charge in [0.1, 0.15) is 0 Å². The zero-order valence-corrected chi connectivity index (χ0v) is 10.6. The van der Waals surface area contributed by atoms with Crippen molar-refractivity contribution >= 4 is 22.4 Å². The van der Waals surface area contributed by atoms with Crippen molar-refractivity contribution in [2.45, 2.75) is 25.8 Å². The molecule has 0 aliphatic carbocycles. The number of rotatable bonds is 2. The van der Waals surface area contributed by atoms with Crippen molar-refractivity contribution in [2.75, 3.05) is 25.4 Å². The Labute approximate surface area is 97.9 Å². The zero-order chi connectivity index (χ0) is 10.2. The summed E-state index contributed by atoms with van der Waals surface area (Å²) in [6.07, 6.45) is 2.24. The smallest absolute Gasteiger partial charge is 0.213 e. The van der Waals surface area contributed by atoms with Gasteiger partial charge in [0.2, 0.25) is 10.0 Å². The monoisotopic (exact) mass is 254 g/mol. The molecule has 2 unspecified atom stereocenters. The van der Waals surface area contributed by atoms with Crippen LogP contribution in [0.4, 0.5) is 0 Å². The SMILES string of the molecule is CCS(=O)(=O)N1CCC2CCNC2C1.Cl. The van der Waals surface area contributed by atoms with Gasteiger partial charge in [-0.25, -0.2) is 12.7 Å². The lowest BCUT2D eigenvalue weighted by atomic mass is 9.94. The van der Waals surface area contributed by atoms with Crippen molar-refractivity contribution in [1.29, 1.82) is 0 Å². The summed E-state index contributed by atoms with van der Waals surface area (Å²) in [7, 11) is -2.97. The molecule has 90 valence electrons. The minimum Gasteiger partial charge on any atom is -0.312 e. The first-order chi connectivity index (χ1) is 6.63. The van der Waals surface area contributed by atoms with Crippen molar-refractivity contribution in [3.63, 3.8) is 0 Å². The Morgan fingerprint density at radius 2 is 2.13 bits per heavy atom. The predicted octanol–water partition coefficient (Wildman–Crippen LogP) is 0.442. The second-order valence-electron chi connectivity index (χ2n) is 4.16. The third-order valence-electron chi connectivity index (χ3n) is 3.40. The van der Waals surface area contributed by atoms with Gasteiger partial charge in [0.15, 0.2) is 0 Å². The molecule has 2 rings (SSSR count). The molecule has 0 aromatic carbocycles. The van der Waals surface area contributed by atoms with Gasteiger partial charge in [-0.1, -0.05) is 0 Å². The minimum atomic E-state index is -2.97. The minimum absolute atomic E-state index is 0. The Morgan fingerprint density at radius 1 is 1.40 bits per heavy atom. The topological polar surface area (TPSA) is 49.4 Å². The lowest BCUT2D eigenvalue weighted by molar-refractivity contribution is 0.249. The summed E-state index contributed by atoms with van der Waals surface area (Å²) in [6, 6.07) is 0.407. The van der Waals surface area contributed by atoms with Gasteiger partial charge < -0.3 is 5.32 Å². The van der Waals surface area contributed by atoms with Crippen LogP contribution in [0, 0.1) is 5.92 Å². The molecule has 2 aliphatic heterocycles. The van der Waals surface area contributed by atoms with Gasteiger partial charge >= 0.3 is 0 Å². The predicted molar refractivity (Wildman–Crippen MR) is 62.8 cm³/mol. The number of hydrogen-bond acceptors (Lipinski definition) is 3. The van der Waals surface area contributed by atoms with E-state index in [1.807, 2.05) is 0 Å². The summed E-state index contributed by atoms with van der Waals surface area (Å²) in [6.45, 7) is 4.17. The second kappa shape index (κ2) is 4.99. The highest BCUT2D eigenvalue weighted by molar-refractivity contribution is 7.89. The van der Waals surface area contributed by atoms with Crippen LogP contribution in [0.1, 0.15) is 19.8 Å². The van der Waals surface area contributed by atoms with Crippen molar-refractivity contribution < 1.29 is 8.42 Å². The molecule has 2 fully saturated rings. The van der Waals surface area contributed by atoms with Crippen LogP contribution in [-0.2, 0) is 10.0 Å². The van der Waals surface area contributed by atoms with Crippen molar-refractivity contribution in [1.82, 2.24) is 9.62 Å². The van der Waals surface area contributed by atoms with Gasteiger partial charge in [0, 0.05) is 19.1 Å². The van der Waals surface area contributed by atoms with Crippen molar-refractivity contribution in [3.05, 3.63) is 0 Å². The molecule has 0 radical (unpaired) electrons. The molecule has 6 heteroatoms. The van der Waals surface area contributed by atoms with E-state index in [0.717, 1.165) is 19.5 Å². The van der Waals surface area contributed by atoms with Crippen LogP contribution < -0.4 is 5.32 Å². The van der Waals surface area contributed by atoms with E-state index in [1.165, 1.54) is 6.42 Å². The van der Waals surface area contributed by atoms with Gasteiger partial charge in [-0.3, -0.25) is 0 Å². The van der Waals surface area contributed by atoms with E-state index in [1.54, 1.807) is 11.2 Å². The van der Waals surface area contributed by atoms with Crippen LogP contribution in [0.3, 0.4) is 0 Å². The average Bonchev–Trinajstić information content (AvgIpc) is 2.64. The lowest BCUT2D eigenvalue weighted by Gasteiger charge is -2.33. The second-order valence-corrected chi connectivity index (χ2v) is 6.41. The van der Waals surface area contributed by atoms with Gasteiger partial charge in [-0.2, -0.15) is 0 Å². The van der Waals surface area contributed by atoms with Crippen LogP contribution in [0.15, 0.2) is 0 Å². The molecule has 4 nitrogen and oxygen atoms in total. The van der Waals surface area contributed by atoms with Crippen LogP contribution in [0.25, 0.3) is 0 Å². The van der Waals surface area contributed by atoms with E-state index < -0.39 is 10.0 Å². The number of nitrogens with zero attached hydrogens (tertiary/aromatic N) is 1. The molecule has 15 heavy (non-hydrogen) atoms. The fourth-order valence-electron chi connectivity index (χ4n) is 2.44. The van der Waals surface area contributed by atoms with Gasteiger partial charge in [0.05, 0.1) is 5.75 Å². The fourth-order valence-corrected chi connectivity index (χ4v) is 3.57. The molecule has 0 saturated carbocycles. The quantitative estimate of drug-likeness (QED) is 0.778. The number of piperidine rings is 1. The molecule has 0 amide bonds. The van der Waals surface area contributed by atoms with E-state index in [-0.39, 0.29) is 18.2 Å². The Kier molecular flexibility index (Phi) is 4.40. The van der Waals surface area contributed by atoms with Crippen LogP contribution in [0.2, 0.25) is 0 Å². The maximum absolute atomic E-state index is 11.6. The fraction of sp³-hybridized carbons (Fsp3) is 1.00. The van der Waals surface area contributed by atoms with Gasteiger partial charge in [-0.05, 0) is 32.2 Å². The molecule has 0 aromatic heterocycles. The summed E-state index contributed by atoms with van der Waals surface area (Å²) in [4.78, 5) is 0. The summed E-state index contributed by atoms with van der Waals surface area (Å²) in [5, 5.41) is 3.38. The summed E-state index contributed by atoms with van der Waals surface area (Å²) in [5.74, 6) is 0.933. The summed E-state index contributed by atoms with van der Waals surface area (Å²) >= 11 is 0. The van der Waals surface area contributed by atoms with E-state index in [0.29, 0.717) is 18.5 Å². The van der Waals surface area contributed by atoms with E-state index in [2.05, 4.69) is 5.32 Å². The van der Waals surface area contributed by atoms with E-state index >= 15 is 0 Å². The van der Waals surface area contributed by atoms with Crippen molar-refractivity contribution in [2.24, 2.45) is 5.92 Å². The van der Waals surface area contributed by atoms with Gasteiger partial charge in [0.25, 0.3) is 0 Å². The average molecular weight is 255 g/mol. The first-order valence-electron chi connectivity index (χ1n) is 5.34. The zero-order valence-electron chi connectivity index (χ0n) is 8.98. The Balaban J connectivity index is 0.00000112. The Hall–Kier alpha value is 0.160. The third-order valence-corrected chi connectivity index (χ3v) is 5.25. The molecule has 2 saturated heterocycles. The van der Waals surface area contributed by atoms with E-state index in [4.69, 9.17) is 0 Å². The standard InChI is InChI=1S/C9H18N2O2S.ClH/c1-2-14(12,13)11-6-4-8-3-5-10-9(8)7-11;/h8-10H,2-7H2,1H3;1H. The largest absolute Gasteiger partial charge is 0.312 e. The molecule has 2 aliphatic rings. The first kappa shape index (κ1) is 13.2. The van der Waals surface area contributed by atoms with Crippen LogP contribution in [0.5, 0.6) is 0 Å². The normalized spacial score (nSPS) is 32.1. The van der Waals surface area contributed by atoms with E-state index in [9.17, 15) is 8.42 Å². The third kappa shape index (κ3) is 2.64. The summed E-state index contributed by atoms with van der Waals surface area (Å²) < 4.78 is 24.9. The number of hydrogen-bond donors (Lipinski definition) is 1. The lowest BCUT2D eigenvalue weighted by Crippen LogP contribution is -2.49. The molecule has 2 atom stereocenters.